The van der Waals surface area contributed by atoms with Crippen molar-refractivity contribution in [3.63, 3.8) is 0 Å². The van der Waals surface area contributed by atoms with Gasteiger partial charge in [0.1, 0.15) is 10.7 Å². The minimum atomic E-state index is -0.225. The summed E-state index contributed by atoms with van der Waals surface area (Å²) in [5.74, 6) is -0.0622. The molecule has 0 heterocycles. The van der Waals surface area contributed by atoms with Gasteiger partial charge in [-0.1, -0.05) is 32.1 Å². The number of carbonyl (C=O) groups is 1. The maximum Gasteiger partial charge on any atom is 0.169 e. The van der Waals surface area contributed by atoms with Gasteiger partial charge in [-0.2, -0.15) is 0 Å². The molecule has 0 saturated heterocycles. The van der Waals surface area contributed by atoms with Gasteiger partial charge in [-0.3, -0.25) is 4.79 Å². The third-order valence-corrected chi connectivity index (χ3v) is 3.53. The molecule has 4 N–H and O–H groups in total. The standard InChI is InChI=1S/C15H18N2O2S/c1-15(2)7-11(18)13(12(19)8-15)14(20)17-10-5-3-4-9(16)6-10/h3-6,18H,7-8,16H2,1-2H3,(H,17,20). The fraction of sp³-hybridized carbons (Fsp3) is 0.333. The summed E-state index contributed by atoms with van der Waals surface area (Å²) in [5, 5.41) is 13.0. The maximum absolute atomic E-state index is 12.1. The van der Waals surface area contributed by atoms with Crippen LogP contribution in [0, 0.1) is 5.41 Å². The van der Waals surface area contributed by atoms with E-state index in [1.54, 1.807) is 24.3 Å². The number of thiocarbonyl (C=S) groups is 1. The molecular weight excluding hydrogens is 272 g/mol. The van der Waals surface area contributed by atoms with Gasteiger partial charge in [0.25, 0.3) is 0 Å². The lowest BCUT2D eigenvalue weighted by Crippen LogP contribution is -2.31. The summed E-state index contributed by atoms with van der Waals surface area (Å²) in [6.07, 6.45) is 0.831. The fourth-order valence-corrected chi connectivity index (χ4v) is 2.71. The number of Topliss-reactive ketones (excluding diaryl/α,β-unsaturated/α-hetero) is 1. The Balaban J connectivity index is 2.23. The highest BCUT2D eigenvalue weighted by Crippen LogP contribution is 2.36. The normalized spacial score (nSPS) is 18.0. The molecule has 4 nitrogen and oxygen atoms in total. The molecule has 0 atom stereocenters. The largest absolute Gasteiger partial charge is 0.511 e. The summed E-state index contributed by atoms with van der Waals surface area (Å²) < 4.78 is 0. The van der Waals surface area contributed by atoms with E-state index in [2.05, 4.69) is 5.32 Å². The smallest absolute Gasteiger partial charge is 0.169 e. The third-order valence-electron chi connectivity index (χ3n) is 3.22. The second kappa shape index (κ2) is 5.25. The predicted octanol–water partition coefficient (Wildman–Crippen LogP) is 3.21. The number of rotatable bonds is 2. The number of hydrogen-bond donors (Lipinski definition) is 3. The predicted molar refractivity (Wildman–Crippen MR) is 84.8 cm³/mol. The van der Waals surface area contributed by atoms with Gasteiger partial charge >= 0.3 is 0 Å². The number of carbonyl (C=O) groups excluding carboxylic acids is 1. The Labute approximate surface area is 123 Å². The van der Waals surface area contributed by atoms with Gasteiger partial charge in [0, 0.05) is 24.2 Å². The lowest BCUT2D eigenvalue weighted by atomic mass is 9.76. The molecular formula is C15H18N2O2S. The van der Waals surface area contributed by atoms with Crippen molar-refractivity contribution in [1.82, 2.24) is 0 Å². The first-order valence-electron chi connectivity index (χ1n) is 6.41. The Hall–Kier alpha value is -1.88. The number of hydrogen-bond acceptors (Lipinski definition) is 4. The second-order valence-corrected chi connectivity index (χ2v) is 6.25. The number of benzene rings is 1. The van der Waals surface area contributed by atoms with Crippen molar-refractivity contribution in [2.24, 2.45) is 5.41 Å². The highest BCUT2D eigenvalue weighted by molar-refractivity contribution is 7.81. The van der Waals surface area contributed by atoms with Crippen LogP contribution in [0.4, 0.5) is 11.4 Å². The van der Waals surface area contributed by atoms with Crippen molar-refractivity contribution in [3.05, 3.63) is 35.6 Å². The van der Waals surface area contributed by atoms with Crippen LogP contribution < -0.4 is 11.1 Å². The monoisotopic (exact) mass is 290 g/mol. The number of ketones is 1. The molecule has 0 saturated carbocycles. The zero-order chi connectivity index (χ0) is 14.9. The van der Waals surface area contributed by atoms with E-state index in [0.29, 0.717) is 24.2 Å². The van der Waals surface area contributed by atoms with E-state index in [4.69, 9.17) is 18.0 Å². The molecule has 5 heteroatoms. The van der Waals surface area contributed by atoms with Crippen LogP contribution in [0.5, 0.6) is 0 Å². The SMILES string of the molecule is CC1(C)CC(=O)C(C(=S)Nc2cccc(N)c2)=C(O)C1. The van der Waals surface area contributed by atoms with E-state index in [9.17, 15) is 9.90 Å². The first kappa shape index (κ1) is 14.5. The number of nitrogen functional groups attached to an aromatic ring is 1. The van der Waals surface area contributed by atoms with Gasteiger partial charge in [0.2, 0.25) is 0 Å². The Kier molecular flexibility index (Phi) is 3.81. The maximum atomic E-state index is 12.1. The highest BCUT2D eigenvalue weighted by atomic mass is 32.1. The van der Waals surface area contributed by atoms with E-state index < -0.39 is 0 Å². The van der Waals surface area contributed by atoms with Crippen LogP contribution in [-0.4, -0.2) is 15.9 Å². The molecule has 0 fully saturated rings. The lowest BCUT2D eigenvalue weighted by molar-refractivity contribution is -0.117. The van der Waals surface area contributed by atoms with Gasteiger partial charge in [-0.15, -0.1) is 0 Å². The van der Waals surface area contributed by atoms with Crippen molar-refractivity contribution in [2.45, 2.75) is 26.7 Å². The van der Waals surface area contributed by atoms with E-state index >= 15 is 0 Å². The Morgan fingerprint density at radius 1 is 1.40 bits per heavy atom. The van der Waals surface area contributed by atoms with Crippen molar-refractivity contribution >= 4 is 34.4 Å². The van der Waals surface area contributed by atoms with Crippen molar-refractivity contribution < 1.29 is 9.90 Å². The molecule has 1 aliphatic carbocycles. The average Bonchev–Trinajstić information content (AvgIpc) is 2.25. The molecule has 1 aromatic carbocycles. The molecule has 0 aliphatic heterocycles. The number of anilines is 2. The second-order valence-electron chi connectivity index (χ2n) is 5.84. The summed E-state index contributed by atoms with van der Waals surface area (Å²) in [4.78, 5) is 12.4. The summed E-state index contributed by atoms with van der Waals surface area (Å²) in [7, 11) is 0. The van der Waals surface area contributed by atoms with Gasteiger partial charge < -0.3 is 16.2 Å². The topological polar surface area (TPSA) is 75.4 Å². The molecule has 20 heavy (non-hydrogen) atoms. The quantitative estimate of drug-likeness (QED) is 0.576. The first-order chi connectivity index (χ1) is 9.28. The molecule has 0 amide bonds. The Bertz CT molecular complexity index is 606. The lowest BCUT2D eigenvalue weighted by Gasteiger charge is -2.29. The molecule has 0 bridgehead atoms. The third kappa shape index (κ3) is 3.17. The summed E-state index contributed by atoms with van der Waals surface area (Å²) in [6, 6.07) is 7.08. The minimum absolute atomic E-state index is 0.0626. The van der Waals surface area contributed by atoms with Crippen LogP contribution in [0.1, 0.15) is 26.7 Å². The van der Waals surface area contributed by atoms with E-state index in [0.717, 1.165) is 0 Å². The van der Waals surface area contributed by atoms with E-state index in [1.807, 2.05) is 13.8 Å². The van der Waals surface area contributed by atoms with Gasteiger partial charge in [0.05, 0.1) is 5.57 Å². The molecule has 0 unspecified atom stereocenters. The molecule has 0 spiro atoms. The number of allylic oxidation sites excluding steroid dienone is 1. The molecule has 0 aromatic heterocycles. The van der Waals surface area contributed by atoms with Gasteiger partial charge in [-0.05, 0) is 23.6 Å². The fourth-order valence-electron chi connectivity index (χ4n) is 2.36. The van der Waals surface area contributed by atoms with Crippen LogP contribution in [0.3, 0.4) is 0 Å². The zero-order valence-electron chi connectivity index (χ0n) is 11.6. The summed E-state index contributed by atoms with van der Waals surface area (Å²) >= 11 is 5.24. The van der Waals surface area contributed by atoms with Crippen LogP contribution in [0.15, 0.2) is 35.6 Å². The minimum Gasteiger partial charge on any atom is -0.511 e. The van der Waals surface area contributed by atoms with Crippen molar-refractivity contribution in [3.8, 4) is 0 Å². The van der Waals surface area contributed by atoms with E-state index in [-0.39, 0.29) is 27.5 Å². The van der Waals surface area contributed by atoms with Crippen LogP contribution >= 0.6 is 12.2 Å². The van der Waals surface area contributed by atoms with Gasteiger partial charge in [-0.25, -0.2) is 0 Å². The molecule has 0 radical (unpaired) electrons. The zero-order valence-corrected chi connectivity index (χ0v) is 12.4. The van der Waals surface area contributed by atoms with Gasteiger partial charge in [0.15, 0.2) is 5.78 Å². The molecule has 106 valence electrons. The first-order valence-corrected chi connectivity index (χ1v) is 6.81. The molecule has 1 aromatic rings. The Morgan fingerprint density at radius 2 is 2.10 bits per heavy atom. The Morgan fingerprint density at radius 3 is 2.70 bits per heavy atom. The van der Waals surface area contributed by atoms with Crippen LogP contribution in [0.25, 0.3) is 0 Å². The summed E-state index contributed by atoms with van der Waals surface area (Å²) in [5.41, 5.74) is 7.00. The average molecular weight is 290 g/mol. The van der Waals surface area contributed by atoms with Crippen molar-refractivity contribution in [2.75, 3.05) is 11.1 Å². The number of nitrogens with one attached hydrogen (secondary N) is 1. The van der Waals surface area contributed by atoms with Crippen LogP contribution in [-0.2, 0) is 4.79 Å². The highest BCUT2D eigenvalue weighted by Gasteiger charge is 2.34. The summed E-state index contributed by atoms with van der Waals surface area (Å²) in [6.45, 7) is 3.90. The van der Waals surface area contributed by atoms with E-state index in [1.165, 1.54) is 0 Å². The van der Waals surface area contributed by atoms with Crippen molar-refractivity contribution in [1.29, 1.82) is 0 Å². The number of nitrogens with two attached hydrogens (primary N) is 1. The number of aliphatic hydroxyl groups is 1. The van der Waals surface area contributed by atoms with Crippen LogP contribution in [0.2, 0.25) is 0 Å². The molecule has 2 rings (SSSR count). The number of aliphatic hydroxyl groups excluding tert-OH is 1. The molecule has 1 aliphatic rings.